The molecule has 0 bridgehead atoms. The van der Waals surface area contributed by atoms with Crippen molar-refractivity contribution in [3.8, 4) is 0 Å². The summed E-state index contributed by atoms with van der Waals surface area (Å²) >= 11 is 0. The quantitative estimate of drug-likeness (QED) is 0.853. The zero-order chi connectivity index (χ0) is 15.5. The van der Waals surface area contributed by atoms with E-state index < -0.39 is 21.2 Å². The van der Waals surface area contributed by atoms with Crippen molar-refractivity contribution < 1.29 is 23.1 Å². The van der Waals surface area contributed by atoms with Gasteiger partial charge in [0.25, 0.3) is 0 Å². The summed E-state index contributed by atoms with van der Waals surface area (Å²) in [6.07, 6.45) is 1.96. The molecular formula is C14H19NO5S. The number of para-hydroxylation sites is 1. The van der Waals surface area contributed by atoms with Crippen LogP contribution in [-0.4, -0.2) is 45.5 Å². The fourth-order valence-electron chi connectivity index (χ4n) is 2.43. The summed E-state index contributed by atoms with van der Waals surface area (Å²) in [5.41, 5.74) is -0.477. The summed E-state index contributed by atoms with van der Waals surface area (Å²) in [6.45, 7) is 0.988. The Labute approximate surface area is 124 Å². The van der Waals surface area contributed by atoms with Crippen LogP contribution in [0.5, 0.6) is 0 Å². The molecule has 21 heavy (non-hydrogen) atoms. The number of aliphatic carboxylic acids is 1. The number of sulfone groups is 1. The van der Waals surface area contributed by atoms with Gasteiger partial charge in [-0.25, -0.2) is 8.42 Å². The number of hydrogen-bond donors (Lipinski definition) is 2. The highest BCUT2D eigenvalue weighted by Crippen LogP contribution is 2.32. The van der Waals surface area contributed by atoms with E-state index in [2.05, 4.69) is 5.32 Å². The first-order chi connectivity index (χ1) is 9.85. The third kappa shape index (κ3) is 3.54. The molecule has 1 aliphatic rings. The molecule has 0 aliphatic carbocycles. The molecule has 1 saturated heterocycles. The van der Waals surface area contributed by atoms with Crippen LogP contribution in [-0.2, 0) is 19.4 Å². The molecule has 1 heterocycles. The molecule has 0 saturated carbocycles. The monoisotopic (exact) mass is 313 g/mol. The number of hydrogen-bond acceptors (Lipinski definition) is 5. The minimum Gasteiger partial charge on any atom is -0.481 e. The van der Waals surface area contributed by atoms with Crippen molar-refractivity contribution in [1.29, 1.82) is 0 Å². The van der Waals surface area contributed by atoms with E-state index in [4.69, 9.17) is 4.74 Å². The highest BCUT2D eigenvalue weighted by Gasteiger charge is 2.40. The molecule has 116 valence electrons. The molecule has 0 amide bonds. The lowest BCUT2D eigenvalue weighted by Gasteiger charge is -2.33. The first kappa shape index (κ1) is 15.8. The lowest BCUT2D eigenvalue weighted by Crippen LogP contribution is -2.42. The van der Waals surface area contributed by atoms with Crippen LogP contribution in [0.3, 0.4) is 0 Å². The molecule has 1 fully saturated rings. The van der Waals surface area contributed by atoms with Crippen LogP contribution in [0.1, 0.15) is 12.8 Å². The number of rotatable bonds is 5. The number of carboxylic acids is 1. The lowest BCUT2D eigenvalue weighted by molar-refractivity contribution is -0.153. The predicted octanol–water partition coefficient (Wildman–Crippen LogP) is 1.38. The van der Waals surface area contributed by atoms with Crippen LogP contribution in [0.25, 0.3) is 0 Å². The van der Waals surface area contributed by atoms with Gasteiger partial charge in [-0.05, 0) is 25.0 Å². The highest BCUT2D eigenvalue weighted by atomic mass is 32.2. The van der Waals surface area contributed by atoms with Gasteiger partial charge < -0.3 is 15.2 Å². The van der Waals surface area contributed by atoms with Crippen molar-refractivity contribution in [3.05, 3.63) is 24.3 Å². The van der Waals surface area contributed by atoms with Gasteiger partial charge in [0.15, 0.2) is 9.84 Å². The molecule has 2 rings (SSSR count). The molecule has 1 aromatic rings. The molecule has 7 heteroatoms. The Balaban J connectivity index is 2.21. The average molecular weight is 313 g/mol. The zero-order valence-electron chi connectivity index (χ0n) is 11.8. The smallest absolute Gasteiger partial charge is 0.311 e. The van der Waals surface area contributed by atoms with Crippen LogP contribution in [0.4, 0.5) is 5.69 Å². The standard InChI is InChI=1S/C14H19NO5S/c1-21(18,19)12-5-3-2-4-11(12)15-10-14(13(16)17)6-8-20-9-7-14/h2-5,15H,6-10H2,1H3,(H,16,17). The summed E-state index contributed by atoms with van der Waals surface area (Å²) in [5, 5.41) is 12.5. The number of carboxylic acid groups (broad SMARTS) is 1. The summed E-state index contributed by atoms with van der Waals surface area (Å²) in [6, 6.07) is 6.51. The molecule has 0 spiro atoms. The average Bonchev–Trinajstić information content (AvgIpc) is 2.45. The fourth-order valence-corrected chi connectivity index (χ4v) is 3.29. The second-order valence-corrected chi connectivity index (χ2v) is 7.30. The number of nitrogens with one attached hydrogen (secondary N) is 1. The molecule has 0 atom stereocenters. The lowest BCUT2D eigenvalue weighted by atomic mass is 9.80. The zero-order valence-corrected chi connectivity index (χ0v) is 12.6. The number of benzene rings is 1. The van der Waals surface area contributed by atoms with Gasteiger partial charge in [-0.2, -0.15) is 0 Å². The predicted molar refractivity (Wildman–Crippen MR) is 78.2 cm³/mol. The Hall–Kier alpha value is -1.60. The van der Waals surface area contributed by atoms with Gasteiger partial charge in [0, 0.05) is 26.0 Å². The van der Waals surface area contributed by atoms with Crippen molar-refractivity contribution in [2.75, 3.05) is 31.3 Å². The maximum atomic E-state index is 11.7. The first-order valence-electron chi connectivity index (χ1n) is 6.69. The Morgan fingerprint density at radius 1 is 1.33 bits per heavy atom. The highest BCUT2D eigenvalue weighted by molar-refractivity contribution is 7.90. The van der Waals surface area contributed by atoms with E-state index >= 15 is 0 Å². The Bertz CT molecular complexity index is 620. The third-order valence-electron chi connectivity index (χ3n) is 3.81. The fraction of sp³-hybridized carbons (Fsp3) is 0.500. The Morgan fingerprint density at radius 3 is 2.52 bits per heavy atom. The largest absolute Gasteiger partial charge is 0.481 e. The van der Waals surface area contributed by atoms with E-state index in [1.165, 1.54) is 6.07 Å². The van der Waals surface area contributed by atoms with Crippen LogP contribution < -0.4 is 5.32 Å². The Kier molecular flexibility index (Phi) is 4.53. The van der Waals surface area contributed by atoms with Gasteiger partial charge >= 0.3 is 5.97 Å². The molecule has 2 N–H and O–H groups in total. The maximum Gasteiger partial charge on any atom is 0.311 e. The minimum atomic E-state index is -3.36. The van der Waals surface area contributed by atoms with E-state index in [1.54, 1.807) is 18.2 Å². The summed E-state index contributed by atoms with van der Waals surface area (Å²) in [4.78, 5) is 11.7. The number of ether oxygens (including phenoxy) is 1. The van der Waals surface area contributed by atoms with Crippen LogP contribution >= 0.6 is 0 Å². The number of anilines is 1. The van der Waals surface area contributed by atoms with E-state index in [1.807, 2.05) is 0 Å². The van der Waals surface area contributed by atoms with E-state index in [-0.39, 0.29) is 11.4 Å². The van der Waals surface area contributed by atoms with Gasteiger partial charge in [-0.15, -0.1) is 0 Å². The van der Waals surface area contributed by atoms with Crippen LogP contribution in [0.15, 0.2) is 29.2 Å². The summed E-state index contributed by atoms with van der Waals surface area (Å²) in [5.74, 6) is -0.880. The van der Waals surface area contributed by atoms with Crippen molar-refractivity contribution in [3.63, 3.8) is 0 Å². The topological polar surface area (TPSA) is 92.7 Å². The molecular weight excluding hydrogens is 294 g/mol. The van der Waals surface area contributed by atoms with Gasteiger partial charge in [-0.3, -0.25) is 4.79 Å². The van der Waals surface area contributed by atoms with Crippen molar-refractivity contribution in [1.82, 2.24) is 0 Å². The normalized spacial score (nSPS) is 18.1. The SMILES string of the molecule is CS(=O)(=O)c1ccccc1NCC1(C(=O)O)CCOCC1. The second-order valence-electron chi connectivity index (χ2n) is 5.32. The second kappa shape index (κ2) is 6.03. The van der Waals surface area contributed by atoms with Gasteiger partial charge in [-0.1, -0.05) is 12.1 Å². The molecule has 0 aromatic heterocycles. The van der Waals surface area contributed by atoms with Crippen molar-refractivity contribution in [2.24, 2.45) is 5.41 Å². The Morgan fingerprint density at radius 2 is 1.95 bits per heavy atom. The van der Waals surface area contributed by atoms with Gasteiger partial charge in [0.2, 0.25) is 0 Å². The maximum absolute atomic E-state index is 11.7. The number of carbonyl (C=O) groups is 1. The molecule has 0 unspecified atom stereocenters. The molecule has 0 radical (unpaired) electrons. The van der Waals surface area contributed by atoms with Gasteiger partial charge in [0.05, 0.1) is 16.0 Å². The van der Waals surface area contributed by atoms with E-state index in [9.17, 15) is 18.3 Å². The summed E-state index contributed by atoms with van der Waals surface area (Å²) < 4.78 is 28.7. The van der Waals surface area contributed by atoms with Crippen molar-refractivity contribution >= 4 is 21.5 Å². The van der Waals surface area contributed by atoms with Gasteiger partial charge in [0.1, 0.15) is 0 Å². The van der Waals surface area contributed by atoms with Crippen molar-refractivity contribution in [2.45, 2.75) is 17.7 Å². The first-order valence-corrected chi connectivity index (χ1v) is 8.58. The molecule has 1 aliphatic heterocycles. The molecule has 1 aromatic carbocycles. The third-order valence-corrected chi connectivity index (χ3v) is 4.96. The minimum absolute atomic E-state index is 0.178. The van der Waals surface area contributed by atoms with E-state index in [0.29, 0.717) is 31.7 Å². The van der Waals surface area contributed by atoms with E-state index in [0.717, 1.165) is 6.26 Å². The van der Waals surface area contributed by atoms with Crippen LogP contribution in [0.2, 0.25) is 0 Å². The van der Waals surface area contributed by atoms with Crippen LogP contribution in [0, 0.1) is 5.41 Å². The molecule has 6 nitrogen and oxygen atoms in total. The summed E-state index contributed by atoms with van der Waals surface area (Å²) in [7, 11) is -3.36.